The summed E-state index contributed by atoms with van der Waals surface area (Å²) in [7, 11) is 0. The summed E-state index contributed by atoms with van der Waals surface area (Å²) in [6, 6.07) is 25.0. The Morgan fingerprint density at radius 1 is 0.579 bits per heavy atom. The van der Waals surface area contributed by atoms with E-state index in [1.807, 2.05) is 12.1 Å². The van der Waals surface area contributed by atoms with Crippen LogP contribution in [0.25, 0.3) is 22.3 Å². The number of hydrogen-bond acceptors (Lipinski definition) is 1. The van der Waals surface area contributed by atoms with Gasteiger partial charge in [-0.15, -0.1) is 0 Å². The largest absolute Gasteiger partial charge is 0.455 e. The lowest BCUT2D eigenvalue weighted by Crippen LogP contribution is -2.03. The maximum Gasteiger partial charge on any atom is 0.146 e. The van der Waals surface area contributed by atoms with Gasteiger partial charge in [-0.3, -0.25) is 0 Å². The second kappa shape index (κ2) is 3.99. The van der Waals surface area contributed by atoms with Gasteiger partial charge in [-0.2, -0.15) is 0 Å². The predicted molar refractivity (Wildman–Crippen MR) is 77.4 cm³/mol. The van der Waals surface area contributed by atoms with Crippen molar-refractivity contribution < 1.29 is 4.74 Å². The highest BCUT2D eigenvalue weighted by Crippen LogP contribution is 2.54. The molecule has 0 fully saturated rings. The Bertz CT molecular complexity index is 686. The molecule has 1 heteroatoms. The summed E-state index contributed by atoms with van der Waals surface area (Å²) < 4.78 is 5.78. The van der Waals surface area contributed by atoms with E-state index in [0.717, 1.165) is 17.1 Å². The molecular formula is C18H12O. The van der Waals surface area contributed by atoms with Crippen molar-refractivity contribution in [3.63, 3.8) is 0 Å². The molecule has 2 bridgehead atoms. The zero-order valence-corrected chi connectivity index (χ0v) is 10.3. The van der Waals surface area contributed by atoms with Crippen LogP contribution in [0.1, 0.15) is 0 Å². The molecular weight excluding hydrogens is 232 g/mol. The summed E-state index contributed by atoms with van der Waals surface area (Å²) >= 11 is 0. The average Bonchev–Trinajstić information content (AvgIpc) is 2.49. The summed E-state index contributed by atoms with van der Waals surface area (Å²) in [6.45, 7) is 0. The zero-order valence-electron chi connectivity index (χ0n) is 10.3. The fourth-order valence-corrected chi connectivity index (χ4v) is 2.54. The van der Waals surface area contributed by atoms with E-state index in [2.05, 4.69) is 60.7 Å². The normalized spacial score (nSPS) is 11.6. The molecule has 2 aliphatic rings. The molecule has 0 saturated carbocycles. The fourth-order valence-electron chi connectivity index (χ4n) is 2.54. The Morgan fingerprint density at radius 3 is 1.84 bits per heavy atom. The van der Waals surface area contributed by atoms with Crippen LogP contribution in [-0.2, 0) is 0 Å². The van der Waals surface area contributed by atoms with E-state index < -0.39 is 0 Å². The number of benzene rings is 3. The molecule has 19 heavy (non-hydrogen) atoms. The van der Waals surface area contributed by atoms with Gasteiger partial charge in [0.25, 0.3) is 0 Å². The third-order valence-electron chi connectivity index (χ3n) is 3.48. The van der Waals surface area contributed by atoms with Crippen molar-refractivity contribution in [3.05, 3.63) is 72.8 Å². The van der Waals surface area contributed by atoms with Gasteiger partial charge in [-0.25, -0.2) is 0 Å². The van der Waals surface area contributed by atoms with E-state index in [4.69, 9.17) is 4.74 Å². The molecule has 0 unspecified atom stereocenters. The summed E-state index contributed by atoms with van der Waals surface area (Å²) in [5.41, 5.74) is 4.80. The van der Waals surface area contributed by atoms with Gasteiger partial charge in [0.05, 0.1) is 5.56 Å². The molecule has 0 radical (unpaired) electrons. The number of hydrogen-bond donors (Lipinski definition) is 0. The molecule has 90 valence electrons. The molecule has 0 N–H and O–H groups in total. The lowest BCUT2D eigenvalue weighted by Gasteiger charge is -2.27. The van der Waals surface area contributed by atoms with Crippen LogP contribution in [0.4, 0.5) is 0 Å². The highest BCUT2D eigenvalue weighted by atomic mass is 16.5. The predicted octanol–water partition coefficient (Wildman–Crippen LogP) is 5.13. The minimum Gasteiger partial charge on any atom is -0.455 e. The Balaban J connectivity index is 1.90. The van der Waals surface area contributed by atoms with Crippen molar-refractivity contribution in [2.24, 2.45) is 0 Å². The first-order valence-electron chi connectivity index (χ1n) is 6.39. The van der Waals surface area contributed by atoms with Crippen LogP contribution in [0.2, 0.25) is 0 Å². The highest BCUT2D eigenvalue weighted by molar-refractivity contribution is 5.91. The van der Waals surface area contributed by atoms with Gasteiger partial charge in [0.15, 0.2) is 0 Å². The molecule has 0 saturated heterocycles. The van der Waals surface area contributed by atoms with Gasteiger partial charge in [0.1, 0.15) is 11.5 Å². The van der Waals surface area contributed by atoms with Crippen LogP contribution in [0.3, 0.4) is 0 Å². The molecule has 0 atom stereocenters. The standard InChI is InChI=1S/C18H12O/c1-3-7-13(8-4-1)15-11-12-16-17(18(15)19-16)14-9-5-2-6-10-14/h1-12H. The van der Waals surface area contributed by atoms with Crippen LogP contribution < -0.4 is 4.74 Å². The lowest BCUT2D eigenvalue weighted by atomic mass is 9.93. The molecule has 2 heterocycles. The van der Waals surface area contributed by atoms with E-state index in [0.29, 0.717) is 0 Å². The Kier molecular flexibility index (Phi) is 2.18. The van der Waals surface area contributed by atoms with Crippen molar-refractivity contribution in [3.8, 4) is 33.8 Å². The molecule has 2 aliphatic heterocycles. The SMILES string of the molecule is c1ccc(-c2ccc3c(-c4ccccc4)c2O3)cc1. The molecule has 3 aromatic carbocycles. The molecule has 3 aromatic rings. The van der Waals surface area contributed by atoms with Crippen molar-refractivity contribution in [1.82, 2.24) is 0 Å². The van der Waals surface area contributed by atoms with E-state index in [9.17, 15) is 0 Å². The van der Waals surface area contributed by atoms with E-state index in [1.54, 1.807) is 0 Å². The summed E-state index contributed by atoms with van der Waals surface area (Å²) in [5, 5.41) is 0. The van der Waals surface area contributed by atoms with Crippen molar-refractivity contribution >= 4 is 0 Å². The van der Waals surface area contributed by atoms with Gasteiger partial charge in [-0.05, 0) is 23.3 Å². The second-order valence-corrected chi connectivity index (χ2v) is 4.65. The maximum atomic E-state index is 5.78. The third kappa shape index (κ3) is 1.55. The summed E-state index contributed by atoms with van der Waals surface area (Å²) in [5.74, 6) is 1.97. The summed E-state index contributed by atoms with van der Waals surface area (Å²) in [4.78, 5) is 0. The first-order chi connectivity index (χ1) is 9.43. The fraction of sp³-hybridized carbons (Fsp3) is 0. The average molecular weight is 244 g/mol. The van der Waals surface area contributed by atoms with Gasteiger partial charge < -0.3 is 4.74 Å². The van der Waals surface area contributed by atoms with Gasteiger partial charge >= 0.3 is 0 Å². The third-order valence-corrected chi connectivity index (χ3v) is 3.48. The van der Waals surface area contributed by atoms with Crippen molar-refractivity contribution in [2.75, 3.05) is 0 Å². The number of fused-ring (bicyclic) bond motifs is 2. The molecule has 0 aromatic heterocycles. The van der Waals surface area contributed by atoms with E-state index in [1.165, 1.54) is 16.7 Å². The smallest absolute Gasteiger partial charge is 0.146 e. The van der Waals surface area contributed by atoms with Crippen molar-refractivity contribution in [1.29, 1.82) is 0 Å². The Morgan fingerprint density at radius 2 is 1.21 bits per heavy atom. The van der Waals surface area contributed by atoms with E-state index >= 15 is 0 Å². The molecule has 5 rings (SSSR count). The molecule has 0 amide bonds. The molecule has 0 aliphatic carbocycles. The van der Waals surface area contributed by atoms with E-state index in [-0.39, 0.29) is 0 Å². The summed E-state index contributed by atoms with van der Waals surface area (Å²) in [6.07, 6.45) is 0. The number of ether oxygens (including phenoxy) is 1. The monoisotopic (exact) mass is 244 g/mol. The van der Waals surface area contributed by atoms with Crippen LogP contribution in [-0.4, -0.2) is 0 Å². The van der Waals surface area contributed by atoms with Gasteiger partial charge in [0.2, 0.25) is 0 Å². The minimum absolute atomic E-state index is 0.973. The molecule has 1 nitrogen and oxygen atoms in total. The topological polar surface area (TPSA) is 9.23 Å². The Labute approximate surface area is 112 Å². The molecule has 0 spiro atoms. The second-order valence-electron chi connectivity index (χ2n) is 4.65. The van der Waals surface area contributed by atoms with Crippen LogP contribution in [0, 0.1) is 0 Å². The first kappa shape index (κ1) is 10.4. The van der Waals surface area contributed by atoms with Gasteiger partial charge in [-0.1, -0.05) is 60.7 Å². The van der Waals surface area contributed by atoms with Gasteiger partial charge in [0, 0.05) is 5.56 Å². The number of rotatable bonds is 2. The Hall–Kier alpha value is -2.54. The van der Waals surface area contributed by atoms with Crippen LogP contribution in [0.5, 0.6) is 11.5 Å². The minimum atomic E-state index is 0.973. The quantitative estimate of drug-likeness (QED) is 0.475. The van der Waals surface area contributed by atoms with Crippen LogP contribution >= 0.6 is 0 Å². The van der Waals surface area contributed by atoms with Crippen LogP contribution in [0.15, 0.2) is 72.8 Å². The maximum absolute atomic E-state index is 5.78. The first-order valence-corrected chi connectivity index (χ1v) is 6.39. The highest BCUT2D eigenvalue weighted by Gasteiger charge is 2.27. The zero-order chi connectivity index (χ0) is 12.7. The van der Waals surface area contributed by atoms with Crippen molar-refractivity contribution in [2.45, 2.75) is 0 Å². The lowest BCUT2D eigenvalue weighted by molar-refractivity contribution is 0.447.